The Morgan fingerprint density at radius 3 is 2.44 bits per heavy atom. The van der Waals surface area contributed by atoms with Crippen LogP contribution in [0.4, 0.5) is 11.5 Å². The van der Waals surface area contributed by atoms with Crippen LogP contribution in [-0.2, 0) is 4.79 Å². The molecule has 1 aliphatic rings. The zero-order valence-electron chi connectivity index (χ0n) is 16.6. The highest BCUT2D eigenvalue weighted by Crippen LogP contribution is 2.27. The van der Waals surface area contributed by atoms with Crippen molar-refractivity contribution in [3.8, 4) is 0 Å². The van der Waals surface area contributed by atoms with Crippen LogP contribution >= 0.6 is 0 Å². The molecule has 1 amide bonds. The Labute approximate surface area is 162 Å². The Bertz CT molecular complexity index is 741. The maximum atomic E-state index is 12.8. The number of pyridine rings is 1. The van der Waals surface area contributed by atoms with E-state index in [1.165, 1.54) is 5.56 Å². The highest BCUT2D eigenvalue weighted by molar-refractivity contribution is 5.95. The molecule has 1 saturated heterocycles. The topological polar surface area (TPSA) is 48.5 Å². The van der Waals surface area contributed by atoms with E-state index < -0.39 is 0 Å². The summed E-state index contributed by atoms with van der Waals surface area (Å²) in [5, 5.41) is 3.16. The summed E-state index contributed by atoms with van der Waals surface area (Å²) in [5.41, 5.74) is 2.15. The van der Waals surface area contributed by atoms with Crippen LogP contribution in [0.5, 0.6) is 0 Å². The van der Waals surface area contributed by atoms with Gasteiger partial charge in [0.1, 0.15) is 5.82 Å². The summed E-state index contributed by atoms with van der Waals surface area (Å²) in [7, 11) is 0. The van der Waals surface area contributed by atoms with Gasteiger partial charge in [0, 0.05) is 38.1 Å². The van der Waals surface area contributed by atoms with E-state index in [-0.39, 0.29) is 11.9 Å². The van der Waals surface area contributed by atoms with Gasteiger partial charge in [-0.25, -0.2) is 4.98 Å². The number of amides is 1. The van der Waals surface area contributed by atoms with Crippen LogP contribution in [0.25, 0.3) is 0 Å². The molecular formula is C22H30N4O. The first-order valence-corrected chi connectivity index (χ1v) is 9.90. The van der Waals surface area contributed by atoms with Crippen molar-refractivity contribution in [3.05, 3.63) is 54.2 Å². The number of carbonyl (C=O) groups excluding carboxylic acids is 1. The van der Waals surface area contributed by atoms with Gasteiger partial charge in [-0.2, -0.15) is 0 Å². The second-order valence-corrected chi connectivity index (χ2v) is 7.27. The van der Waals surface area contributed by atoms with Crippen LogP contribution < -0.4 is 10.2 Å². The van der Waals surface area contributed by atoms with Gasteiger partial charge in [0.25, 0.3) is 0 Å². The lowest BCUT2D eigenvalue weighted by atomic mass is 9.97. The lowest BCUT2D eigenvalue weighted by Crippen LogP contribution is -2.53. The number of benzene rings is 1. The molecular weight excluding hydrogens is 336 g/mol. The van der Waals surface area contributed by atoms with Crippen molar-refractivity contribution >= 4 is 17.4 Å². The van der Waals surface area contributed by atoms with Gasteiger partial charge in [-0.1, -0.05) is 38.1 Å². The van der Waals surface area contributed by atoms with Crippen molar-refractivity contribution < 1.29 is 4.79 Å². The highest BCUT2D eigenvalue weighted by Gasteiger charge is 2.26. The van der Waals surface area contributed by atoms with E-state index in [2.05, 4.69) is 40.0 Å². The smallest absolute Gasteiger partial charge is 0.241 e. The summed E-state index contributed by atoms with van der Waals surface area (Å²) >= 11 is 0. The summed E-state index contributed by atoms with van der Waals surface area (Å²) < 4.78 is 0. The maximum Gasteiger partial charge on any atom is 0.241 e. The average Bonchev–Trinajstić information content (AvgIpc) is 2.73. The summed E-state index contributed by atoms with van der Waals surface area (Å²) in [4.78, 5) is 21.8. The number of carbonyl (C=O) groups is 1. The number of piperazine rings is 1. The zero-order valence-corrected chi connectivity index (χ0v) is 16.6. The molecule has 0 saturated carbocycles. The van der Waals surface area contributed by atoms with Crippen LogP contribution in [0.3, 0.4) is 0 Å². The molecule has 0 spiro atoms. The maximum absolute atomic E-state index is 12.8. The Morgan fingerprint density at radius 1 is 1.07 bits per heavy atom. The molecule has 1 aromatic heterocycles. The molecule has 5 nitrogen and oxygen atoms in total. The molecule has 5 heteroatoms. The summed E-state index contributed by atoms with van der Waals surface area (Å²) in [6.45, 7) is 9.86. The molecule has 0 aliphatic carbocycles. The third-order valence-corrected chi connectivity index (χ3v) is 5.58. The van der Waals surface area contributed by atoms with E-state index in [0.29, 0.717) is 5.92 Å². The molecule has 2 atom stereocenters. The second kappa shape index (κ2) is 9.00. The van der Waals surface area contributed by atoms with Crippen LogP contribution in [0.1, 0.15) is 38.7 Å². The van der Waals surface area contributed by atoms with E-state index in [9.17, 15) is 4.79 Å². The van der Waals surface area contributed by atoms with Crippen molar-refractivity contribution in [2.45, 2.75) is 39.2 Å². The lowest BCUT2D eigenvalue weighted by molar-refractivity contribution is -0.120. The number of rotatable bonds is 6. The number of hydrogen-bond donors (Lipinski definition) is 1. The molecule has 2 aromatic rings. The first-order chi connectivity index (χ1) is 13.1. The molecule has 1 fully saturated rings. The molecule has 0 radical (unpaired) electrons. The molecule has 144 valence electrons. The molecule has 2 heterocycles. The van der Waals surface area contributed by atoms with Crippen molar-refractivity contribution in [2.75, 3.05) is 36.4 Å². The van der Waals surface area contributed by atoms with Crippen molar-refractivity contribution in [3.63, 3.8) is 0 Å². The minimum Gasteiger partial charge on any atom is -0.354 e. The predicted molar refractivity (Wildman–Crippen MR) is 111 cm³/mol. The monoisotopic (exact) mass is 366 g/mol. The van der Waals surface area contributed by atoms with Crippen LogP contribution in [0, 0.1) is 0 Å². The predicted octanol–water partition coefficient (Wildman–Crippen LogP) is 3.74. The SMILES string of the molecule is CC[C@H](C)c1ccccc1NC(=O)[C@H](C)N1CCN(c2ccccn2)CC1. The fraction of sp³-hybridized carbons (Fsp3) is 0.455. The zero-order chi connectivity index (χ0) is 19.2. The highest BCUT2D eigenvalue weighted by atomic mass is 16.2. The largest absolute Gasteiger partial charge is 0.354 e. The van der Waals surface area contributed by atoms with Gasteiger partial charge >= 0.3 is 0 Å². The van der Waals surface area contributed by atoms with E-state index >= 15 is 0 Å². The molecule has 1 aromatic carbocycles. The molecule has 0 unspecified atom stereocenters. The van der Waals surface area contributed by atoms with E-state index in [1.54, 1.807) is 0 Å². The third kappa shape index (κ3) is 4.66. The van der Waals surface area contributed by atoms with Crippen molar-refractivity contribution in [2.24, 2.45) is 0 Å². The number of aromatic nitrogens is 1. The fourth-order valence-electron chi connectivity index (χ4n) is 3.54. The number of hydrogen-bond acceptors (Lipinski definition) is 4. The fourth-order valence-corrected chi connectivity index (χ4v) is 3.54. The molecule has 0 bridgehead atoms. The third-order valence-electron chi connectivity index (χ3n) is 5.58. The normalized spacial score (nSPS) is 17.4. The van der Waals surface area contributed by atoms with Crippen LogP contribution in [0.15, 0.2) is 48.7 Å². The van der Waals surface area contributed by atoms with Gasteiger partial charge in [-0.3, -0.25) is 9.69 Å². The Hall–Kier alpha value is -2.40. The number of para-hydroxylation sites is 1. The van der Waals surface area contributed by atoms with Gasteiger partial charge in [0.15, 0.2) is 0 Å². The van der Waals surface area contributed by atoms with Gasteiger partial charge in [-0.15, -0.1) is 0 Å². The van der Waals surface area contributed by atoms with E-state index in [0.717, 1.165) is 44.1 Å². The molecule has 27 heavy (non-hydrogen) atoms. The minimum atomic E-state index is -0.152. The first-order valence-electron chi connectivity index (χ1n) is 9.90. The Balaban J connectivity index is 1.59. The quantitative estimate of drug-likeness (QED) is 0.846. The summed E-state index contributed by atoms with van der Waals surface area (Å²) in [5.74, 6) is 1.51. The Morgan fingerprint density at radius 2 is 1.78 bits per heavy atom. The standard InChI is InChI=1S/C22H30N4O/c1-4-17(2)19-9-5-6-10-20(19)24-22(27)18(3)25-13-15-26(16-14-25)21-11-7-8-12-23-21/h5-12,17-18H,4,13-16H2,1-3H3,(H,24,27)/t17-,18-/m0/s1. The Kier molecular flexibility index (Phi) is 6.45. The summed E-state index contributed by atoms with van der Waals surface area (Å²) in [6.07, 6.45) is 2.88. The van der Waals surface area contributed by atoms with Gasteiger partial charge in [0.2, 0.25) is 5.91 Å². The van der Waals surface area contributed by atoms with Crippen molar-refractivity contribution in [1.82, 2.24) is 9.88 Å². The number of nitrogens with one attached hydrogen (secondary N) is 1. The number of anilines is 2. The molecule has 1 aliphatic heterocycles. The van der Waals surface area contributed by atoms with Gasteiger partial charge in [-0.05, 0) is 43.0 Å². The number of nitrogens with zero attached hydrogens (tertiary/aromatic N) is 3. The van der Waals surface area contributed by atoms with Gasteiger partial charge < -0.3 is 10.2 Å². The minimum absolute atomic E-state index is 0.0667. The molecule has 3 rings (SSSR count). The first kappa shape index (κ1) is 19.4. The van der Waals surface area contributed by atoms with Crippen LogP contribution in [-0.4, -0.2) is 48.0 Å². The summed E-state index contributed by atoms with van der Waals surface area (Å²) in [6, 6.07) is 14.0. The van der Waals surface area contributed by atoms with Gasteiger partial charge in [0.05, 0.1) is 6.04 Å². The van der Waals surface area contributed by atoms with E-state index in [4.69, 9.17) is 0 Å². The molecule has 1 N–H and O–H groups in total. The van der Waals surface area contributed by atoms with E-state index in [1.807, 2.05) is 49.5 Å². The van der Waals surface area contributed by atoms with Crippen LogP contribution in [0.2, 0.25) is 0 Å². The second-order valence-electron chi connectivity index (χ2n) is 7.27. The van der Waals surface area contributed by atoms with Crippen molar-refractivity contribution in [1.29, 1.82) is 0 Å². The average molecular weight is 367 g/mol. The lowest BCUT2D eigenvalue weighted by Gasteiger charge is -2.38.